The monoisotopic (exact) mass is 395 g/mol. The molecule has 4 nitrogen and oxygen atoms in total. The second kappa shape index (κ2) is 7.56. The van der Waals surface area contributed by atoms with Crippen LogP contribution in [0, 0.1) is 0 Å². The van der Waals surface area contributed by atoms with Crippen LogP contribution in [0.5, 0.6) is 0 Å². The Hall–Kier alpha value is -0.880. The fourth-order valence-electron chi connectivity index (χ4n) is 3.19. The van der Waals surface area contributed by atoms with Crippen LogP contribution in [-0.4, -0.2) is 35.8 Å². The summed E-state index contributed by atoms with van der Waals surface area (Å²) in [6.07, 6.45) is 4.27. The molecule has 0 radical (unpaired) electrons. The third kappa shape index (κ3) is 4.02. The van der Waals surface area contributed by atoms with Gasteiger partial charge in [0.05, 0.1) is 13.2 Å². The predicted molar refractivity (Wildman–Crippen MR) is 99.2 cm³/mol. The Bertz CT molecular complexity index is 682. The van der Waals surface area contributed by atoms with Crippen LogP contribution in [0.25, 0.3) is 10.9 Å². The quantitative estimate of drug-likeness (QED) is 0.634. The number of benzene rings is 1. The number of rotatable bonds is 7. The highest BCUT2D eigenvalue weighted by Crippen LogP contribution is 2.31. The van der Waals surface area contributed by atoms with E-state index in [4.69, 9.17) is 14.2 Å². The van der Waals surface area contributed by atoms with Gasteiger partial charge in [0.2, 0.25) is 0 Å². The summed E-state index contributed by atoms with van der Waals surface area (Å²) in [4.78, 5) is 0. The molecular formula is C19H26BrNO3. The molecule has 0 aliphatic carbocycles. The molecule has 1 saturated heterocycles. The van der Waals surface area contributed by atoms with Gasteiger partial charge in [-0.3, -0.25) is 0 Å². The molecule has 1 aromatic carbocycles. The highest BCUT2D eigenvalue weighted by atomic mass is 79.9. The highest BCUT2D eigenvalue weighted by Gasteiger charge is 2.41. The lowest BCUT2D eigenvalue weighted by atomic mass is 10.2. The molecule has 1 aromatic heterocycles. The Morgan fingerprint density at radius 1 is 1.21 bits per heavy atom. The minimum Gasteiger partial charge on any atom is -0.379 e. The van der Waals surface area contributed by atoms with E-state index in [1.807, 2.05) is 13.8 Å². The lowest BCUT2D eigenvalue weighted by molar-refractivity contribution is -0.151. The average molecular weight is 396 g/mol. The van der Waals surface area contributed by atoms with Crippen molar-refractivity contribution in [1.29, 1.82) is 0 Å². The first kappa shape index (κ1) is 17.9. The minimum atomic E-state index is -0.563. The maximum atomic E-state index is 6.14. The normalized spacial score (nSPS) is 23.2. The molecule has 1 aliphatic rings. The highest BCUT2D eigenvalue weighted by molar-refractivity contribution is 9.10. The molecule has 0 N–H and O–H groups in total. The molecule has 5 heteroatoms. The first-order valence-corrected chi connectivity index (χ1v) is 9.46. The van der Waals surface area contributed by atoms with Crippen LogP contribution in [0.2, 0.25) is 0 Å². The number of nitrogens with zero attached hydrogens (tertiary/aromatic N) is 1. The number of aromatic nitrogens is 1. The van der Waals surface area contributed by atoms with Crippen molar-refractivity contribution < 1.29 is 14.2 Å². The van der Waals surface area contributed by atoms with Crippen LogP contribution in [0.4, 0.5) is 0 Å². The molecule has 0 saturated carbocycles. The number of halogens is 1. The van der Waals surface area contributed by atoms with Crippen LogP contribution in [0.1, 0.15) is 33.6 Å². The molecule has 24 heavy (non-hydrogen) atoms. The average Bonchev–Trinajstić information content (AvgIpc) is 3.06. The molecule has 132 valence electrons. The third-order valence-electron chi connectivity index (χ3n) is 4.35. The summed E-state index contributed by atoms with van der Waals surface area (Å²) in [6, 6.07) is 8.39. The Morgan fingerprint density at radius 3 is 2.79 bits per heavy atom. The molecule has 2 heterocycles. The van der Waals surface area contributed by atoms with Gasteiger partial charge in [-0.2, -0.15) is 0 Å². The first-order chi connectivity index (χ1) is 11.5. The molecule has 0 unspecified atom stereocenters. The van der Waals surface area contributed by atoms with Gasteiger partial charge in [0.1, 0.15) is 12.2 Å². The van der Waals surface area contributed by atoms with E-state index < -0.39 is 5.79 Å². The first-order valence-electron chi connectivity index (χ1n) is 8.67. The number of unbranched alkanes of at least 4 members (excludes halogenated alkanes) is 1. The molecule has 2 aromatic rings. The standard InChI is InChI=1S/C19H26BrNO3/c1-4-5-11-22-13-18-17(23-19(2,3)24-18)12-21-10-9-14-15(20)7-6-8-16(14)21/h6-10,17-18H,4-5,11-13H2,1-3H3/t17-,18-/m0/s1. The van der Waals surface area contributed by atoms with Crippen molar-refractivity contribution in [3.05, 3.63) is 34.9 Å². The van der Waals surface area contributed by atoms with Gasteiger partial charge in [0.25, 0.3) is 0 Å². The van der Waals surface area contributed by atoms with Crippen LogP contribution in [-0.2, 0) is 20.8 Å². The maximum absolute atomic E-state index is 6.14. The molecule has 0 bridgehead atoms. The van der Waals surface area contributed by atoms with Gasteiger partial charge >= 0.3 is 0 Å². The third-order valence-corrected chi connectivity index (χ3v) is 5.04. The van der Waals surface area contributed by atoms with Crippen molar-refractivity contribution in [3.8, 4) is 0 Å². The van der Waals surface area contributed by atoms with Crippen LogP contribution in [0.15, 0.2) is 34.9 Å². The molecule has 1 aliphatic heterocycles. The summed E-state index contributed by atoms with van der Waals surface area (Å²) in [7, 11) is 0. The van der Waals surface area contributed by atoms with Crippen molar-refractivity contribution in [3.63, 3.8) is 0 Å². The van der Waals surface area contributed by atoms with E-state index in [2.05, 4.69) is 57.9 Å². The predicted octanol–water partition coefficient (Wildman–Crippen LogP) is 4.74. The zero-order chi connectivity index (χ0) is 17.2. The fraction of sp³-hybridized carbons (Fsp3) is 0.579. The Balaban J connectivity index is 1.72. The molecule has 0 amide bonds. The van der Waals surface area contributed by atoms with Crippen LogP contribution >= 0.6 is 15.9 Å². The Morgan fingerprint density at radius 2 is 2.00 bits per heavy atom. The lowest BCUT2D eigenvalue weighted by Crippen LogP contribution is -2.31. The van der Waals surface area contributed by atoms with E-state index in [0.717, 1.165) is 30.5 Å². The smallest absolute Gasteiger partial charge is 0.163 e. The fourth-order valence-corrected chi connectivity index (χ4v) is 3.68. The van der Waals surface area contributed by atoms with Gasteiger partial charge in [0, 0.05) is 28.2 Å². The van der Waals surface area contributed by atoms with E-state index in [-0.39, 0.29) is 12.2 Å². The van der Waals surface area contributed by atoms with Crippen molar-refractivity contribution >= 4 is 26.8 Å². The number of hydrogen-bond acceptors (Lipinski definition) is 3. The van der Waals surface area contributed by atoms with Gasteiger partial charge in [-0.1, -0.05) is 35.3 Å². The summed E-state index contributed by atoms with van der Waals surface area (Å²) in [6.45, 7) is 8.22. The van der Waals surface area contributed by atoms with E-state index in [1.165, 1.54) is 10.9 Å². The van der Waals surface area contributed by atoms with Gasteiger partial charge in [-0.25, -0.2) is 0 Å². The summed E-state index contributed by atoms with van der Waals surface area (Å²) in [5, 5.41) is 1.21. The van der Waals surface area contributed by atoms with E-state index in [0.29, 0.717) is 6.61 Å². The van der Waals surface area contributed by atoms with E-state index >= 15 is 0 Å². The topological polar surface area (TPSA) is 32.6 Å². The van der Waals surface area contributed by atoms with Crippen molar-refractivity contribution in [2.75, 3.05) is 13.2 Å². The van der Waals surface area contributed by atoms with Gasteiger partial charge in [-0.05, 0) is 38.5 Å². The summed E-state index contributed by atoms with van der Waals surface area (Å²) in [5.41, 5.74) is 1.20. The van der Waals surface area contributed by atoms with Crippen molar-refractivity contribution in [2.45, 2.75) is 58.2 Å². The van der Waals surface area contributed by atoms with Crippen LogP contribution < -0.4 is 0 Å². The second-order valence-corrected chi connectivity index (χ2v) is 7.64. The Labute approximate surface area is 152 Å². The molecule has 0 spiro atoms. The van der Waals surface area contributed by atoms with Crippen molar-refractivity contribution in [2.24, 2.45) is 0 Å². The van der Waals surface area contributed by atoms with Gasteiger partial charge in [-0.15, -0.1) is 0 Å². The van der Waals surface area contributed by atoms with Crippen LogP contribution in [0.3, 0.4) is 0 Å². The molecule has 1 fully saturated rings. The zero-order valence-electron chi connectivity index (χ0n) is 14.6. The molecular weight excluding hydrogens is 370 g/mol. The number of ether oxygens (including phenoxy) is 3. The SMILES string of the molecule is CCCCOC[C@@H]1OC(C)(C)O[C@H]1Cn1ccc2c(Br)cccc21. The Kier molecular flexibility index (Phi) is 5.65. The molecule has 2 atom stereocenters. The molecule has 3 rings (SSSR count). The number of hydrogen-bond donors (Lipinski definition) is 0. The second-order valence-electron chi connectivity index (χ2n) is 6.78. The van der Waals surface area contributed by atoms with Gasteiger partial charge < -0.3 is 18.8 Å². The van der Waals surface area contributed by atoms with E-state index in [1.54, 1.807) is 0 Å². The maximum Gasteiger partial charge on any atom is 0.163 e. The van der Waals surface area contributed by atoms with Crippen molar-refractivity contribution in [1.82, 2.24) is 4.57 Å². The summed E-state index contributed by atoms with van der Waals surface area (Å²) < 4.78 is 21.3. The number of fused-ring (bicyclic) bond motifs is 1. The summed E-state index contributed by atoms with van der Waals surface area (Å²) in [5.74, 6) is -0.563. The lowest BCUT2D eigenvalue weighted by Gasteiger charge is -2.18. The van der Waals surface area contributed by atoms with E-state index in [9.17, 15) is 0 Å². The minimum absolute atomic E-state index is 0.0174. The summed E-state index contributed by atoms with van der Waals surface area (Å²) >= 11 is 3.61. The largest absolute Gasteiger partial charge is 0.379 e. The zero-order valence-corrected chi connectivity index (χ0v) is 16.2. The van der Waals surface area contributed by atoms with Gasteiger partial charge in [0.15, 0.2) is 5.79 Å².